The topological polar surface area (TPSA) is 32.7 Å². The molecule has 3 nitrogen and oxygen atoms in total. The molecule has 0 aromatic heterocycles. The lowest BCUT2D eigenvalue weighted by atomic mass is 10.2. The van der Waals surface area contributed by atoms with Crippen LogP contribution < -0.4 is 0 Å². The van der Waals surface area contributed by atoms with Crippen molar-refractivity contribution < 1.29 is 9.84 Å². The van der Waals surface area contributed by atoms with Gasteiger partial charge in [0.05, 0.1) is 18.3 Å². The lowest BCUT2D eigenvalue weighted by Gasteiger charge is -2.31. The molecule has 0 aliphatic heterocycles. The minimum Gasteiger partial charge on any atom is -0.389 e. The molecule has 0 saturated heterocycles. The first-order chi connectivity index (χ1) is 8.33. The van der Waals surface area contributed by atoms with Crippen LogP contribution in [0.2, 0.25) is 0 Å². The van der Waals surface area contributed by atoms with Crippen LogP contribution in [0, 0.1) is 0 Å². The van der Waals surface area contributed by atoms with E-state index in [0.29, 0.717) is 19.2 Å². The summed E-state index contributed by atoms with van der Waals surface area (Å²) in [5, 5.41) is 10.8. The standard InChI is InChI=1S/C14H29NO2S/c1-14(2,3)17-10-11(16)9-15(4)12-7-6-8-13(12)18-5/h11-13,16H,6-10H2,1-5H3. The van der Waals surface area contributed by atoms with E-state index in [1.807, 2.05) is 32.5 Å². The fourth-order valence-electron chi connectivity index (χ4n) is 2.55. The molecule has 4 heteroatoms. The van der Waals surface area contributed by atoms with Gasteiger partial charge in [-0.15, -0.1) is 0 Å². The van der Waals surface area contributed by atoms with Gasteiger partial charge in [-0.3, -0.25) is 4.90 Å². The van der Waals surface area contributed by atoms with E-state index in [2.05, 4.69) is 18.2 Å². The van der Waals surface area contributed by atoms with Gasteiger partial charge < -0.3 is 9.84 Å². The van der Waals surface area contributed by atoms with Crippen LogP contribution in [-0.4, -0.2) is 59.5 Å². The number of aliphatic hydroxyl groups excluding tert-OH is 1. The van der Waals surface area contributed by atoms with E-state index in [1.165, 1.54) is 19.3 Å². The third-order valence-electron chi connectivity index (χ3n) is 3.49. The molecule has 3 unspecified atom stereocenters. The lowest BCUT2D eigenvalue weighted by molar-refractivity contribution is -0.0566. The Balaban J connectivity index is 2.32. The molecule has 3 atom stereocenters. The maximum atomic E-state index is 10.0. The molecule has 0 heterocycles. The number of nitrogens with zero attached hydrogens (tertiary/aromatic N) is 1. The van der Waals surface area contributed by atoms with Crippen LogP contribution in [0.1, 0.15) is 40.0 Å². The van der Waals surface area contributed by atoms with E-state index in [0.717, 1.165) is 5.25 Å². The second-order valence-electron chi connectivity index (χ2n) is 6.29. The van der Waals surface area contributed by atoms with Crippen molar-refractivity contribution in [3.63, 3.8) is 0 Å². The summed E-state index contributed by atoms with van der Waals surface area (Å²) in [6.45, 7) is 7.18. The van der Waals surface area contributed by atoms with Gasteiger partial charge in [-0.25, -0.2) is 0 Å². The normalized spacial score (nSPS) is 26.8. The highest BCUT2D eigenvalue weighted by Gasteiger charge is 2.30. The Bertz CT molecular complexity index is 242. The van der Waals surface area contributed by atoms with Crippen LogP contribution in [0.25, 0.3) is 0 Å². The Hall–Kier alpha value is 0.230. The van der Waals surface area contributed by atoms with E-state index < -0.39 is 6.10 Å². The zero-order chi connectivity index (χ0) is 13.8. The monoisotopic (exact) mass is 275 g/mol. The number of ether oxygens (including phenoxy) is 1. The van der Waals surface area contributed by atoms with Gasteiger partial charge >= 0.3 is 0 Å². The smallest absolute Gasteiger partial charge is 0.0900 e. The largest absolute Gasteiger partial charge is 0.389 e. The Morgan fingerprint density at radius 3 is 2.61 bits per heavy atom. The Labute approximate surface area is 116 Å². The van der Waals surface area contributed by atoms with Gasteiger partial charge in [-0.1, -0.05) is 6.42 Å². The van der Waals surface area contributed by atoms with E-state index in [-0.39, 0.29) is 5.60 Å². The average Bonchev–Trinajstić information content (AvgIpc) is 2.73. The fourth-order valence-corrected chi connectivity index (χ4v) is 3.61. The van der Waals surface area contributed by atoms with E-state index in [4.69, 9.17) is 4.74 Å². The highest BCUT2D eigenvalue weighted by atomic mass is 32.2. The second kappa shape index (κ2) is 7.13. The van der Waals surface area contributed by atoms with Crippen LogP contribution in [0.4, 0.5) is 0 Å². The molecule has 1 aliphatic rings. The molecule has 0 amide bonds. The van der Waals surface area contributed by atoms with Crippen LogP contribution >= 0.6 is 11.8 Å². The Morgan fingerprint density at radius 1 is 1.39 bits per heavy atom. The Kier molecular flexibility index (Phi) is 6.45. The van der Waals surface area contributed by atoms with E-state index >= 15 is 0 Å². The van der Waals surface area contributed by atoms with Crippen LogP contribution in [0.15, 0.2) is 0 Å². The van der Waals surface area contributed by atoms with Crippen molar-refractivity contribution >= 4 is 11.8 Å². The number of thioether (sulfide) groups is 1. The zero-order valence-electron chi connectivity index (χ0n) is 12.5. The molecule has 1 rings (SSSR count). The molecule has 108 valence electrons. The molecule has 18 heavy (non-hydrogen) atoms. The highest BCUT2D eigenvalue weighted by Crippen LogP contribution is 2.31. The first-order valence-electron chi connectivity index (χ1n) is 6.88. The molecular weight excluding hydrogens is 246 g/mol. The summed E-state index contributed by atoms with van der Waals surface area (Å²) in [6.07, 6.45) is 5.68. The van der Waals surface area contributed by atoms with Crippen molar-refractivity contribution in [1.82, 2.24) is 4.90 Å². The van der Waals surface area contributed by atoms with Gasteiger partial charge in [0.15, 0.2) is 0 Å². The first kappa shape index (κ1) is 16.3. The summed E-state index contributed by atoms with van der Waals surface area (Å²) in [6, 6.07) is 0.615. The maximum absolute atomic E-state index is 10.0. The fraction of sp³-hybridized carbons (Fsp3) is 1.00. The SMILES string of the molecule is CSC1CCCC1N(C)CC(O)COC(C)(C)C. The van der Waals surface area contributed by atoms with Gasteiger partial charge in [0.2, 0.25) is 0 Å². The second-order valence-corrected chi connectivity index (χ2v) is 7.37. The molecule has 0 spiro atoms. The van der Waals surface area contributed by atoms with Gasteiger partial charge in [0, 0.05) is 17.8 Å². The van der Waals surface area contributed by atoms with Gasteiger partial charge in [0.25, 0.3) is 0 Å². The van der Waals surface area contributed by atoms with E-state index in [9.17, 15) is 5.11 Å². The van der Waals surface area contributed by atoms with Crippen molar-refractivity contribution in [2.45, 2.75) is 63.0 Å². The van der Waals surface area contributed by atoms with Gasteiger partial charge in [-0.2, -0.15) is 11.8 Å². The summed E-state index contributed by atoms with van der Waals surface area (Å²) in [4.78, 5) is 2.31. The third kappa shape index (κ3) is 5.47. The van der Waals surface area contributed by atoms with Crippen molar-refractivity contribution in [2.24, 2.45) is 0 Å². The average molecular weight is 275 g/mol. The zero-order valence-corrected chi connectivity index (χ0v) is 13.3. The molecule has 1 fully saturated rings. The van der Waals surface area contributed by atoms with Crippen molar-refractivity contribution in [3.8, 4) is 0 Å². The minimum atomic E-state index is -0.391. The third-order valence-corrected chi connectivity index (χ3v) is 4.65. The lowest BCUT2D eigenvalue weighted by Crippen LogP contribution is -2.42. The predicted molar refractivity (Wildman–Crippen MR) is 79.3 cm³/mol. The minimum absolute atomic E-state index is 0.172. The molecule has 1 saturated carbocycles. The summed E-state index contributed by atoms with van der Waals surface area (Å²) in [7, 11) is 2.12. The Morgan fingerprint density at radius 2 is 2.06 bits per heavy atom. The number of likely N-dealkylation sites (N-methyl/N-ethyl adjacent to an activating group) is 1. The highest BCUT2D eigenvalue weighted by molar-refractivity contribution is 7.99. The van der Waals surface area contributed by atoms with Crippen molar-refractivity contribution in [1.29, 1.82) is 0 Å². The van der Waals surface area contributed by atoms with Crippen LogP contribution in [-0.2, 0) is 4.74 Å². The van der Waals surface area contributed by atoms with Gasteiger partial charge in [-0.05, 0) is 46.9 Å². The van der Waals surface area contributed by atoms with Crippen molar-refractivity contribution in [3.05, 3.63) is 0 Å². The van der Waals surface area contributed by atoms with Crippen LogP contribution in [0.3, 0.4) is 0 Å². The molecule has 0 bridgehead atoms. The quantitative estimate of drug-likeness (QED) is 0.807. The summed E-state index contributed by atoms with van der Waals surface area (Å²) < 4.78 is 5.63. The van der Waals surface area contributed by atoms with Crippen LogP contribution in [0.5, 0.6) is 0 Å². The molecule has 1 N–H and O–H groups in total. The maximum Gasteiger partial charge on any atom is 0.0900 e. The first-order valence-corrected chi connectivity index (χ1v) is 8.17. The molecule has 0 aromatic rings. The number of hydrogen-bond donors (Lipinski definition) is 1. The number of aliphatic hydroxyl groups is 1. The molecular formula is C14H29NO2S. The summed E-state index contributed by atoms with van der Waals surface area (Å²) in [5.74, 6) is 0. The van der Waals surface area contributed by atoms with Crippen molar-refractivity contribution in [2.75, 3.05) is 26.5 Å². The molecule has 0 aromatic carbocycles. The number of hydrogen-bond acceptors (Lipinski definition) is 4. The van der Waals surface area contributed by atoms with E-state index in [1.54, 1.807) is 0 Å². The molecule has 0 radical (unpaired) electrons. The summed E-state index contributed by atoms with van der Waals surface area (Å²) in [5.41, 5.74) is -0.172. The number of rotatable bonds is 6. The predicted octanol–water partition coefficient (Wildman–Crippen LogP) is 2.38. The molecule has 1 aliphatic carbocycles. The summed E-state index contributed by atoms with van der Waals surface area (Å²) >= 11 is 1.96. The van der Waals surface area contributed by atoms with Gasteiger partial charge in [0.1, 0.15) is 0 Å².